The molecule has 1 aromatic rings. The number of benzene rings is 1. The molecular formula is C17H28N2O2. The molecule has 0 spiro atoms. The summed E-state index contributed by atoms with van der Waals surface area (Å²) in [5.74, 6) is -0.305. The molecule has 0 unspecified atom stereocenters. The average Bonchev–Trinajstić information content (AvgIpc) is 2.44. The van der Waals surface area contributed by atoms with E-state index in [-0.39, 0.29) is 5.97 Å². The van der Waals surface area contributed by atoms with Crippen LogP contribution in [0.5, 0.6) is 0 Å². The predicted molar refractivity (Wildman–Crippen MR) is 88.8 cm³/mol. The zero-order valence-electron chi connectivity index (χ0n) is 13.7. The van der Waals surface area contributed by atoms with Crippen LogP contribution in [0.4, 0.5) is 11.4 Å². The lowest BCUT2D eigenvalue weighted by Crippen LogP contribution is -2.33. The van der Waals surface area contributed by atoms with E-state index in [1.54, 1.807) is 6.07 Å². The minimum Gasteiger partial charge on any atom is -0.462 e. The maximum absolute atomic E-state index is 12.2. The van der Waals surface area contributed by atoms with Crippen LogP contribution in [-0.2, 0) is 4.74 Å². The molecule has 0 saturated heterocycles. The summed E-state index contributed by atoms with van der Waals surface area (Å²) in [6, 6.07) is 5.79. The first-order chi connectivity index (χ1) is 10.0. The first-order valence-corrected chi connectivity index (χ1v) is 7.84. The van der Waals surface area contributed by atoms with Crippen LogP contribution in [0.15, 0.2) is 18.2 Å². The van der Waals surface area contributed by atoms with E-state index in [1.165, 1.54) is 12.8 Å². The van der Waals surface area contributed by atoms with Crippen molar-refractivity contribution in [2.45, 2.75) is 53.0 Å². The Labute approximate surface area is 128 Å². The number of nitrogens with zero attached hydrogens (tertiary/aromatic N) is 1. The number of nitrogens with two attached hydrogens (primary N) is 1. The van der Waals surface area contributed by atoms with Gasteiger partial charge in [-0.2, -0.15) is 0 Å². The van der Waals surface area contributed by atoms with Crippen molar-refractivity contribution in [1.29, 1.82) is 0 Å². The predicted octanol–water partition coefficient (Wildman–Crippen LogP) is 3.85. The molecule has 21 heavy (non-hydrogen) atoms. The summed E-state index contributed by atoms with van der Waals surface area (Å²) in [5, 5.41) is 0. The van der Waals surface area contributed by atoms with Crippen molar-refractivity contribution in [2.24, 2.45) is 0 Å². The minimum atomic E-state index is -0.305. The Bertz CT molecular complexity index is 458. The highest BCUT2D eigenvalue weighted by atomic mass is 16.5. The Morgan fingerprint density at radius 1 is 1.29 bits per heavy atom. The molecule has 0 saturated carbocycles. The highest BCUT2D eigenvalue weighted by molar-refractivity contribution is 5.97. The molecule has 0 aliphatic carbocycles. The van der Waals surface area contributed by atoms with Crippen molar-refractivity contribution in [3.8, 4) is 0 Å². The highest BCUT2D eigenvalue weighted by Crippen LogP contribution is 2.26. The van der Waals surface area contributed by atoms with Crippen LogP contribution < -0.4 is 10.6 Å². The van der Waals surface area contributed by atoms with Crippen molar-refractivity contribution in [3.63, 3.8) is 0 Å². The van der Waals surface area contributed by atoms with Crippen LogP contribution in [0.1, 0.15) is 57.3 Å². The number of unbranched alkanes of at least 4 members (excludes halogenated alkanes) is 2. The number of anilines is 2. The second kappa shape index (κ2) is 8.55. The standard InChI is InChI=1S/C17H28N2O2/c1-5-7-8-11-19(13(3)4)16-10-9-14(18)12-15(16)17(20)21-6-2/h9-10,12-13H,5-8,11,18H2,1-4H3. The first kappa shape index (κ1) is 17.3. The number of carbonyl (C=O) groups is 1. The number of rotatable bonds is 8. The second-order valence-electron chi connectivity index (χ2n) is 5.49. The summed E-state index contributed by atoms with van der Waals surface area (Å²) in [7, 11) is 0. The third-order valence-corrected chi connectivity index (χ3v) is 3.45. The number of hydrogen-bond donors (Lipinski definition) is 1. The molecular weight excluding hydrogens is 264 g/mol. The van der Waals surface area contributed by atoms with E-state index in [1.807, 2.05) is 19.1 Å². The zero-order chi connectivity index (χ0) is 15.8. The van der Waals surface area contributed by atoms with Gasteiger partial charge in [-0.1, -0.05) is 19.8 Å². The molecule has 0 heterocycles. The fourth-order valence-corrected chi connectivity index (χ4v) is 2.37. The first-order valence-electron chi connectivity index (χ1n) is 7.84. The Morgan fingerprint density at radius 3 is 2.57 bits per heavy atom. The molecule has 0 atom stereocenters. The summed E-state index contributed by atoms with van der Waals surface area (Å²) in [4.78, 5) is 14.4. The van der Waals surface area contributed by atoms with E-state index >= 15 is 0 Å². The van der Waals surface area contributed by atoms with E-state index in [2.05, 4.69) is 25.7 Å². The number of ether oxygens (including phenoxy) is 1. The van der Waals surface area contributed by atoms with Crippen molar-refractivity contribution in [2.75, 3.05) is 23.8 Å². The van der Waals surface area contributed by atoms with Gasteiger partial charge in [0.05, 0.1) is 17.9 Å². The number of nitrogen functional groups attached to an aromatic ring is 1. The van der Waals surface area contributed by atoms with E-state index in [0.29, 0.717) is 23.9 Å². The van der Waals surface area contributed by atoms with E-state index in [0.717, 1.165) is 18.7 Å². The van der Waals surface area contributed by atoms with Gasteiger partial charge in [-0.25, -0.2) is 4.79 Å². The molecule has 0 aliphatic rings. The maximum atomic E-state index is 12.2. The van der Waals surface area contributed by atoms with Gasteiger partial charge >= 0.3 is 5.97 Å². The summed E-state index contributed by atoms with van der Waals surface area (Å²) in [6.07, 6.45) is 3.48. The Balaban J connectivity index is 3.08. The quantitative estimate of drug-likeness (QED) is 0.449. The summed E-state index contributed by atoms with van der Waals surface area (Å²) in [5.41, 5.74) is 7.88. The molecule has 0 bridgehead atoms. The lowest BCUT2D eigenvalue weighted by Gasteiger charge is -2.30. The molecule has 1 aromatic carbocycles. The smallest absolute Gasteiger partial charge is 0.340 e. The minimum absolute atomic E-state index is 0.305. The van der Waals surface area contributed by atoms with Gasteiger partial charge in [-0.3, -0.25) is 0 Å². The lowest BCUT2D eigenvalue weighted by atomic mass is 10.1. The number of carbonyl (C=O) groups excluding carboxylic acids is 1. The fraction of sp³-hybridized carbons (Fsp3) is 0.588. The molecule has 0 radical (unpaired) electrons. The second-order valence-corrected chi connectivity index (χ2v) is 5.49. The lowest BCUT2D eigenvalue weighted by molar-refractivity contribution is 0.0527. The topological polar surface area (TPSA) is 55.6 Å². The van der Waals surface area contributed by atoms with Crippen molar-refractivity contribution >= 4 is 17.3 Å². The number of hydrogen-bond acceptors (Lipinski definition) is 4. The van der Waals surface area contributed by atoms with Crippen LogP contribution in [0.2, 0.25) is 0 Å². The van der Waals surface area contributed by atoms with E-state index in [9.17, 15) is 4.79 Å². The normalized spacial score (nSPS) is 10.7. The van der Waals surface area contributed by atoms with Gasteiger partial charge in [0.25, 0.3) is 0 Å². The molecule has 2 N–H and O–H groups in total. The third kappa shape index (κ3) is 4.96. The van der Waals surface area contributed by atoms with E-state index < -0.39 is 0 Å². The number of esters is 1. The monoisotopic (exact) mass is 292 g/mol. The van der Waals surface area contributed by atoms with Gasteiger partial charge in [0.1, 0.15) is 0 Å². The molecule has 1 rings (SSSR count). The summed E-state index contributed by atoms with van der Waals surface area (Å²) in [6.45, 7) is 9.57. The highest BCUT2D eigenvalue weighted by Gasteiger charge is 2.19. The maximum Gasteiger partial charge on any atom is 0.340 e. The van der Waals surface area contributed by atoms with Gasteiger partial charge in [0.15, 0.2) is 0 Å². The molecule has 4 nitrogen and oxygen atoms in total. The third-order valence-electron chi connectivity index (χ3n) is 3.45. The molecule has 0 aromatic heterocycles. The van der Waals surface area contributed by atoms with Crippen molar-refractivity contribution in [1.82, 2.24) is 0 Å². The van der Waals surface area contributed by atoms with Crippen molar-refractivity contribution < 1.29 is 9.53 Å². The zero-order valence-corrected chi connectivity index (χ0v) is 13.7. The SMILES string of the molecule is CCCCCN(c1ccc(N)cc1C(=O)OCC)C(C)C. The average molecular weight is 292 g/mol. The molecule has 0 fully saturated rings. The summed E-state index contributed by atoms with van der Waals surface area (Å²) >= 11 is 0. The Morgan fingerprint density at radius 2 is 2.00 bits per heavy atom. The van der Waals surface area contributed by atoms with Crippen LogP contribution in [-0.4, -0.2) is 25.2 Å². The van der Waals surface area contributed by atoms with Gasteiger partial charge in [0, 0.05) is 18.3 Å². The van der Waals surface area contributed by atoms with Crippen molar-refractivity contribution in [3.05, 3.63) is 23.8 Å². The Kier molecular flexibility index (Phi) is 7.06. The van der Waals surface area contributed by atoms with Gasteiger partial charge in [-0.15, -0.1) is 0 Å². The van der Waals surface area contributed by atoms with Crippen LogP contribution in [0.25, 0.3) is 0 Å². The summed E-state index contributed by atoms with van der Waals surface area (Å²) < 4.78 is 5.16. The largest absolute Gasteiger partial charge is 0.462 e. The van der Waals surface area contributed by atoms with Crippen LogP contribution in [0.3, 0.4) is 0 Å². The molecule has 118 valence electrons. The van der Waals surface area contributed by atoms with Crippen LogP contribution in [0, 0.1) is 0 Å². The molecule has 0 amide bonds. The van der Waals surface area contributed by atoms with Crippen LogP contribution >= 0.6 is 0 Å². The molecule has 0 aliphatic heterocycles. The molecule has 4 heteroatoms. The van der Waals surface area contributed by atoms with Gasteiger partial charge in [-0.05, 0) is 45.4 Å². The fourth-order valence-electron chi connectivity index (χ4n) is 2.37. The Hall–Kier alpha value is -1.71. The van der Waals surface area contributed by atoms with E-state index in [4.69, 9.17) is 10.5 Å². The van der Waals surface area contributed by atoms with Gasteiger partial charge in [0.2, 0.25) is 0 Å². The van der Waals surface area contributed by atoms with Gasteiger partial charge < -0.3 is 15.4 Å².